The highest BCUT2D eigenvalue weighted by Gasteiger charge is 2.22. The maximum Gasteiger partial charge on any atom is 0.263 e. The number of thiophene rings is 1. The van der Waals surface area contributed by atoms with E-state index < -0.39 is 0 Å². The minimum absolute atomic E-state index is 0.0394. The van der Waals surface area contributed by atoms with E-state index in [1.807, 2.05) is 0 Å². The first-order chi connectivity index (χ1) is 16.0. The first kappa shape index (κ1) is 23.7. The number of aromatic nitrogens is 2. The summed E-state index contributed by atoms with van der Waals surface area (Å²) in [5.41, 5.74) is 2.33. The molecular formula is C24H27N3O4S2. The minimum atomic E-state index is -0.0737. The van der Waals surface area contributed by atoms with Crippen LogP contribution in [0, 0.1) is 0 Å². The van der Waals surface area contributed by atoms with E-state index in [2.05, 4.69) is 5.32 Å². The zero-order chi connectivity index (χ0) is 23.4. The van der Waals surface area contributed by atoms with Gasteiger partial charge in [-0.05, 0) is 55.5 Å². The maximum absolute atomic E-state index is 13.4. The highest BCUT2D eigenvalue weighted by Crippen LogP contribution is 2.34. The number of Topliss-reactive ketones (excluding diaryl/α,β-unsaturated/α-hetero) is 1. The number of nitrogens with zero attached hydrogens (tertiary/aromatic N) is 2. The summed E-state index contributed by atoms with van der Waals surface area (Å²) in [5.74, 6) is 0.0262. The Morgan fingerprint density at radius 1 is 1.21 bits per heavy atom. The van der Waals surface area contributed by atoms with Crippen molar-refractivity contribution in [3.05, 3.63) is 50.6 Å². The molecule has 0 fully saturated rings. The zero-order valence-electron chi connectivity index (χ0n) is 18.8. The molecule has 2 heterocycles. The smallest absolute Gasteiger partial charge is 0.263 e. The molecule has 0 spiro atoms. The van der Waals surface area contributed by atoms with Gasteiger partial charge >= 0.3 is 0 Å². The third kappa shape index (κ3) is 5.20. The minimum Gasteiger partial charge on any atom is -0.383 e. The number of nitrogens with one attached hydrogen (secondary N) is 1. The summed E-state index contributed by atoms with van der Waals surface area (Å²) in [6.07, 6.45) is 4.57. The Labute approximate surface area is 200 Å². The number of rotatable bonds is 9. The van der Waals surface area contributed by atoms with Gasteiger partial charge in [-0.1, -0.05) is 18.7 Å². The molecule has 9 heteroatoms. The number of methoxy groups -OCH3 is 1. The Morgan fingerprint density at radius 3 is 2.70 bits per heavy atom. The van der Waals surface area contributed by atoms with E-state index in [1.165, 1.54) is 16.6 Å². The third-order valence-electron chi connectivity index (χ3n) is 5.70. The number of carbonyl (C=O) groups is 2. The van der Waals surface area contributed by atoms with E-state index in [-0.39, 0.29) is 23.0 Å². The zero-order valence-corrected chi connectivity index (χ0v) is 20.4. The van der Waals surface area contributed by atoms with Crippen molar-refractivity contribution < 1.29 is 14.3 Å². The standard InChI is InChI=1S/C24H27N3O4S2/c1-3-20(29)25-16-10-8-15(9-11-16)18(28)14-32-24-26-22-21(23(30)27(24)12-13-31-2)17-6-4-5-7-19(17)33-22/h8-11H,3-7,12-14H2,1-2H3,(H,25,29). The number of aryl methyl sites for hydroxylation is 2. The number of carbonyl (C=O) groups excluding carboxylic acids is 2. The molecule has 33 heavy (non-hydrogen) atoms. The van der Waals surface area contributed by atoms with Gasteiger partial charge in [0.2, 0.25) is 5.91 Å². The average molecular weight is 486 g/mol. The molecule has 3 aromatic rings. The number of thioether (sulfide) groups is 1. The number of hydrogen-bond acceptors (Lipinski definition) is 7. The third-order valence-corrected chi connectivity index (χ3v) is 7.87. The van der Waals surface area contributed by atoms with Crippen molar-refractivity contribution in [2.75, 3.05) is 24.8 Å². The van der Waals surface area contributed by atoms with Gasteiger partial charge in [0.1, 0.15) is 4.83 Å². The van der Waals surface area contributed by atoms with Gasteiger partial charge < -0.3 is 10.1 Å². The lowest BCUT2D eigenvalue weighted by Gasteiger charge is -2.13. The molecule has 0 bridgehead atoms. The highest BCUT2D eigenvalue weighted by molar-refractivity contribution is 7.99. The molecule has 0 radical (unpaired) electrons. The van der Waals surface area contributed by atoms with E-state index in [4.69, 9.17) is 9.72 Å². The average Bonchev–Trinajstić information content (AvgIpc) is 3.21. The largest absolute Gasteiger partial charge is 0.383 e. The fourth-order valence-corrected chi connectivity index (χ4v) is 6.13. The molecule has 1 aliphatic carbocycles. The van der Waals surface area contributed by atoms with Gasteiger partial charge in [0.05, 0.1) is 24.3 Å². The molecule has 0 saturated heterocycles. The van der Waals surface area contributed by atoms with E-state index >= 15 is 0 Å². The van der Waals surface area contributed by atoms with Gasteiger partial charge in [0.25, 0.3) is 5.56 Å². The van der Waals surface area contributed by atoms with Crippen LogP contribution in [-0.2, 0) is 28.9 Å². The Bertz CT molecular complexity index is 1230. The van der Waals surface area contributed by atoms with Crippen LogP contribution in [-0.4, -0.2) is 40.7 Å². The van der Waals surface area contributed by atoms with Gasteiger partial charge in [-0.15, -0.1) is 11.3 Å². The fourth-order valence-electron chi connectivity index (χ4n) is 3.91. The Morgan fingerprint density at radius 2 is 1.97 bits per heavy atom. The highest BCUT2D eigenvalue weighted by atomic mass is 32.2. The Balaban J connectivity index is 1.56. The molecular weight excluding hydrogens is 458 g/mol. The summed E-state index contributed by atoms with van der Waals surface area (Å²) in [6, 6.07) is 6.85. The molecule has 1 aliphatic rings. The second-order valence-electron chi connectivity index (χ2n) is 7.93. The van der Waals surface area contributed by atoms with Crippen LogP contribution in [0.2, 0.25) is 0 Å². The molecule has 0 saturated carbocycles. The van der Waals surface area contributed by atoms with E-state index in [1.54, 1.807) is 54.2 Å². The molecule has 7 nitrogen and oxygen atoms in total. The Kier molecular flexibility index (Phi) is 7.62. The van der Waals surface area contributed by atoms with Crippen molar-refractivity contribution in [3.8, 4) is 0 Å². The van der Waals surface area contributed by atoms with Crippen LogP contribution in [0.5, 0.6) is 0 Å². The van der Waals surface area contributed by atoms with Crippen molar-refractivity contribution in [3.63, 3.8) is 0 Å². The predicted molar refractivity (Wildman–Crippen MR) is 133 cm³/mol. The van der Waals surface area contributed by atoms with Crippen molar-refractivity contribution in [1.29, 1.82) is 0 Å². The monoisotopic (exact) mass is 485 g/mol. The molecule has 1 aromatic carbocycles. The summed E-state index contributed by atoms with van der Waals surface area (Å²) in [5, 5.41) is 4.06. The molecule has 4 rings (SSSR count). The topological polar surface area (TPSA) is 90.3 Å². The maximum atomic E-state index is 13.4. The van der Waals surface area contributed by atoms with Crippen LogP contribution < -0.4 is 10.9 Å². The van der Waals surface area contributed by atoms with Gasteiger partial charge in [0, 0.05) is 29.7 Å². The van der Waals surface area contributed by atoms with Gasteiger partial charge in [0.15, 0.2) is 10.9 Å². The summed E-state index contributed by atoms with van der Waals surface area (Å²) < 4.78 is 6.86. The summed E-state index contributed by atoms with van der Waals surface area (Å²) in [4.78, 5) is 44.6. The molecule has 2 aromatic heterocycles. The van der Waals surface area contributed by atoms with Crippen molar-refractivity contribution in [2.24, 2.45) is 0 Å². The van der Waals surface area contributed by atoms with Crippen LogP contribution in [0.4, 0.5) is 5.69 Å². The summed E-state index contributed by atoms with van der Waals surface area (Å²) in [6.45, 7) is 2.57. The second kappa shape index (κ2) is 10.6. The summed E-state index contributed by atoms with van der Waals surface area (Å²) >= 11 is 2.89. The number of ketones is 1. The fraction of sp³-hybridized carbons (Fsp3) is 0.417. The van der Waals surface area contributed by atoms with Crippen molar-refractivity contribution in [1.82, 2.24) is 9.55 Å². The lowest BCUT2D eigenvalue weighted by Crippen LogP contribution is -2.26. The van der Waals surface area contributed by atoms with Crippen LogP contribution in [0.15, 0.2) is 34.2 Å². The normalized spacial score (nSPS) is 13.2. The molecule has 0 unspecified atom stereocenters. The van der Waals surface area contributed by atoms with Gasteiger partial charge in [-0.3, -0.25) is 19.0 Å². The molecule has 1 N–H and O–H groups in total. The van der Waals surface area contributed by atoms with Crippen molar-refractivity contribution >= 4 is 50.7 Å². The predicted octanol–water partition coefficient (Wildman–Crippen LogP) is 4.31. The van der Waals surface area contributed by atoms with E-state index in [0.717, 1.165) is 41.5 Å². The number of fused-ring (bicyclic) bond motifs is 3. The molecule has 1 amide bonds. The number of amides is 1. The lowest BCUT2D eigenvalue weighted by atomic mass is 9.97. The van der Waals surface area contributed by atoms with Gasteiger partial charge in [-0.2, -0.15) is 0 Å². The Hall–Kier alpha value is -2.49. The lowest BCUT2D eigenvalue weighted by molar-refractivity contribution is -0.115. The van der Waals surface area contributed by atoms with Crippen LogP contribution in [0.25, 0.3) is 10.2 Å². The van der Waals surface area contributed by atoms with Crippen LogP contribution >= 0.6 is 23.1 Å². The van der Waals surface area contributed by atoms with Gasteiger partial charge in [-0.25, -0.2) is 4.98 Å². The van der Waals surface area contributed by atoms with Crippen molar-refractivity contribution in [2.45, 2.75) is 50.7 Å². The number of benzene rings is 1. The molecule has 0 atom stereocenters. The molecule has 0 aliphatic heterocycles. The van der Waals surface area contributed by atoms with E-state index in [0.29, 0.717) is 36.0 Å². The quantitative estimate of drug-likeness (QED) is 0.276. The molecule has 174 valence electrons. The SMILES string of the molecule is CCC(=O)Nc1ccc(C(=O)CSc2nc3sc4c(c3c(=O)n2CCOC)CCCC4)cc1. The first-order valence-corrected chi connectivity index (χ1v) is 12.9. The number of anilines is 1. The van der Waals surface area contributed by atoms with Crippen LogP contribution in [0.3, 0.4) is 0 Å². The van der Waals surface area contributed by atoms with Crippen LogP contribution in [0.1, 0.15) is 47.0 Å². The second-order valence-corrected chi connectivity index (χ2v) is 9.95. The number of hydrogen-bond donors (Lipinski definition) is 1. The van der Waals surface area contributed by atoms with E-state index in [9.17, 15) is 14.4 Å². The summed E-state index contributed by atoms with van der Waals surface area (Å²) in [7, 11) is 1.60. The number of ether oxygens (including phenoxy) is 1. The first-order valence-electron chi connectivity index (χ1n) is 11.1.